The second kappa shape index (κ2) is 7.29. The van der Waals surface area contributed by atoms with Gasteiger partial charge in [0, 0.05) is 19.1 Å². The van der Waals surface area contributed by atoms with Crippen LogP contribution in [-0.2, 0) is 0 Å². The molecule has 4 heteroatoms. The quantitative estimate of drug-likeness (QED) is 0.868. The van der Waals surface area contributed by atoms with Gasteiger partial charge in [0.2, 0.25) is 0 Å². The van der Waals surface area contributed by atoms with Crippen LogP contribution in [-0.4, -0.2) is 42.1 Å². The number of carbonyl (C=O) groups is 1. The molecule has 1 aliphatic rings. The van der Waals surface area contributed by atoms with E-state index in [0.717, 1.165) is 6.54 Å². The Morgan fingerprint density at radius 2 is 2.00 bits per heavy atom. The van der Waals surface area contributed by atoms with E-state index < -0.39 is 0 Å². The number of benzene rings is 1. The molecule has 1 saturated carbocycles. The molecule has 0 aromatic heterocycles. The van der Waals surface area contributed by atoms with E-state index in [1.807, 2.05) is 0 Å². The van der Waals surface area contributed by atoms with Gasteiger partial charge in [0.25, 0.3) is 5.91 Å². The highest BCUT2D eigenvalue weighted by atomic mass is 16.3. The van der Waals surface area contributed by atoms with Crippen molar-refractivity contribution in [3.63, 3.8) is 0 Å². The molecule has 20 heavy (non-hydrogen) atoms. The van der Waals surface area contributed by atoms with Gasteiger partial charge in [0.15, 0.2) is 0 Å². The van der Waals surface area contributed by atoms with Crippen LogP contribution in [0.25, 0.3) is 0 Å². The van der Waals surface area contributed by atoms with E-state index in [9.17, 15) is 9.90 Å². The molecule has 0 bridgehead atoms. The van der Waals surface area contributed by atoms with Crippen molar-refractivity contribution in [2.75, 3.05) is 20.1 Å². The first kappa shape index (κ1) is 14.9. The van der Waals surface area contributed by atoms with Gasteiger partial charge >= 0.3 is 0 Å². The van der Waals surface area contributed by atoms with Crippen molar-refractivity contribution < 1.29 is 9.90 Å². The van der Waals surface area contributed by atoms with Crippen LogP contribution in [0.1, 0.15) is 42.5 Å². The van der Waals surface area contributed by atoms with Crippen LogP contribution >= 0.6 is 0 Å². The third kappa shape index (κ3) is 3.97. The summed E-state index contributed by atoms with van der Waals surface area (Å²) >= 11 is 0. The summed E-state index contributed by atoms with van der Waals surface area (Å²) in [6, 6.07) is 7.29. The molecule has 1 aromatic carbocycles. The van der Waals surface area contributed by atoms with Gasteiger partial charge in [-0.25, -0.2) is 0 Å². The van der Waals surface area contributed by atoms with Gasteiger partial charge in [-0.15, -0.1) is 0 Å². The van der Waals surface area contributed by atoms with Crippen molar-refractivity contribution in [3.05, 3.63) is 29.8 Å². The summed E-state index contributed by atoms with van der Waals surface area (Å²) in [6.45, 7) is 1.46. The Labute approximate surface area is 120 Å². The first-order valence-electron chi connectivity index (χ1n) is 7.45. The van der Waals surface area contributed by atoms with Gasteiger partial charge in [0.1, 0.15) is 5.75 Å². The predicted octanol–water partition coefficient (Wildman–Crippen LogP) is 2.39. The topological polar surface area (TPSA) is 52.6 Å². The van der Waals surface area contributed by atoms with Crippen LogP contribution in [0.15, 0.2) is 24.3 Å². The Bertz CT molecular complexity index is 442. The zero-order valence-electron chi connectivity index (χ0n) is 12.1. The fourth-order valence-corrected chi connectivity index (χ4v) is 2.81. The molecule has 1 amide bonds. The summed E-state index contributed by atoms with van der Waals surface area (Å²) in [6.07, 6.45) is 6.53. The van der Waals surface area contributed by atoms with E-state index in [1.54, 1.807) is 18.2 Å². The van der Waals surface area contributed by atoms with E-state index in [-0.39, 0.29) is 11.7 Å². The number of carbonyl (C=O) groups excluding carboxylic acids is 1. The molecule has 0 unspecified atom stereocenters. The smallest absolute Gasteiger partial charge is 0.255 e. The fourth-order valence-electron chi connectivity index (χ4n) is 2.81. The number of phenolic OH excluding ortho intramolecular Hbond substituents is 1. The van der Waals surface area contributed by atoms with Crippen molar-refractivity contribution in [1.82, 2.24) is 10.2 Å². The summed E-state index contributed by atoms with van der Waals surface area (Å²) in [5, 5.41) is 12.5. The highest BCUT2D eigenvalue weighted by molar-refractivity contribution is 5.96. The number of rotatable bonds is 5. The number of phenols is 1. The number of nitrogens with zero attached hydrogens (tertiary/aromatic N) is 1. The molecule has 0 aliphatic heterocycles. The minimum Gasteiger partial charge on any atom is -0.507 e. The molecule has 110 valence electrons. The SMILES string of the molecule is CN(CCNC(=O)c1ccccc1O)C1CCCCC1. The van der Waals surface area contributed by atoms with Crippen LogP contribution in [0.2, 0.25) is 0 Å². The Morgan fingerprint density at radius 1 is 1.30 bits per heavy atom. The summed E-state index contributed by atoms with van der Waals surface area (Å²) < 4.78 is 0. The lowest BCUT2D eigenvalue weighted by molar-refractivity contribution is 0.0942. The first-order valence-corrected chi connectivity index (χ1v) is 7.45. The average Bonchev–Trinajstić information content (AvgIpc) is 2.48. The number of amides is 1. The normalized spacial score (nSPS) is 16.3. The maximum absolute atomic E-state index is 11.9. The van der Waals surface area contributed by atoms with Gasteiger partial charge < -0.3 is 15.3 Å². The number of aromatic hydroxyl groups is 1. The van der Waals surface area contributed by atoms with Gasteiger partial charge in [-0.2, -0.15) is 0 Å². The molecule has 0 radical (unpaired) electrons. The van der Waals surface area contributed by atoms with Gasteiger partial charge in [-0.05, 0) is 32.0 Å². The van der Waals surface area contributed by atoms with Gasteiger partial charge in [-0.3, -0.25) is 4.79 Å². The van der Waals surface area contributed by atoms with Crippen LogP contribution in [0, 0.1) is 0 Å². The lowest BCUT2D eigenvalue weighted by atomic mass is 9.94. The molecule has 0 saturated heterocycles. The first-order chi connectivity index (χ1) is 9.68. The number of likely N-dealkylation sites (N-methyl/N-ethyl adjacent to an activating group) is 1. The second-order valence-electron chi connectivity index (χ2n) is 5.55. The molecule has 1 aliphatic carbocycles. The zero-order chi connectivity index (χ0) is 14.4. The number of hydrogen-bond acceptors (Lipinski definition) is 3. The molecular weight excluding hydrogens is 252 g/mol. The zero-order valence-corrected chi connectivity index (χ0v) is 12.1. The molecule has 1 fully saturated rings. The van der Waals surface area contributed by atoms with E-state index >= 15 is 0 Å². The molecule has 0 atom stereocenters. The summed E-state index contributed by atoms with van der Waals surface area (Å²) in [5.74, 6) is -0.175. The van der Waals surface area contributed by atoms with E-state index in [4.69, 9.17) is 0 Å². The Hall–Kier alpha value is -1.55. The molecule has 0 spiro atoms. The number of para-hydroxylation sites is 1. The van der Waals surface area contributed by atoms with Crippen molar-refractivity contribution >= 4 is 5.91 Å². The van der Waals surface area contributed by atoms with E-state index in [1.165, 1.54) is 38.2 Å². The monoisotopic (exact) mass is 276 g/mol. The molecule has 2 N–H and O–H groups in total. The highest BCUT2D eigenvalue weighted by Gasteiger charge is 2.17. The summed E-state index contributed by atoms with van der Waals surface area (Å²) in [4.78, 5) is 14.3. The van der Waals surface area contributed by atoms with Crippen LogP contribution in [0.5, 0.6) is 5.75 Å². The molecule has 2 rings (SSSR count). The van der Waals surface area contributed by atoms with E-state index in [0.29, 0.717) is 18.2 Å². The average molecular weight is 276 g/mol. The lowest BCUT2D eigenvalue weighted by Gasteiger charge is -2.31. The summed E-state index contributed by atoms with van der Waals surface area (Å²) in [7, 11) is 2.13. The molecular formula is C16H24N2O2. The lowest BCUT2D eigenvalue weighted by Crippen LogP contribution is -2.39. The standard InChI is InChI=1S/C16H24N2O2/c1-18(13-7-3-2-4-8-13)12-11-17-16(20)14-9-5-6-10-15(14)19/h5-6,9-10,13,19H,2-4,7-8,11-12H2,1H3,(H,17,20). The molecule has 4 nitrogen and oxygen atoms in total. The molecule has 0 heterocycles. The van der Waals surface area contributed by atoms with Crippen LogP contribution in [0.3, 0.4) is 0 Å². The third-order valence-corrected chi connectivity index (χ3v) is 4.10. The van der Waals surface area contributed by atoms with Crippen molar-refractivity contribution in [3.8, 4) is 5.75 Å². The van der Waals surface area contributed by atoms with Crippen molar-refractivity contribution in [2.45, 2.75) is 38.1 Å². The van der Waals surface area contributed by atoms with Gasteiger partial charge in [-0.1, -0.05) is 31.4 Å². The maximum Gasteiger partial charge on any atom is 0.255 e. The van der Waals surface area contributed by atoms with Crippen molar-refractivity contribution in [2.24, 2.45) is 0 Å². The van der Waals surface area contributed by atoms with Crippen LogP contribution < -0.4 is 5.32 Å². The largest absolute Gasteiger partial charge is 0.507 e. The molecule has 1 aromatic rings. The van der Waals surface area contributed by atoms with Crippen LogP contribution in [0.4, 0.5) is 0 Å². The predicted molar refractivity (Wildman–Crippen MR) is 79.9 cm³/mol. The third-order valence-electron chi connectivity index (χ3n) is 4.10. The highest BCUT2D eigenvalue weighted by Crippen LogP contribution is 2.21. The van der Waals surface area contributed by atoms with E-state index in [2.05, 4.69) is 17.3 Å². The summed E-state index contributed by atoms with van der Waals surface area (Å²) in [5.41, 5.74) is 0.341. The minimum atomic E-state index is -0.208. The second-order valence-corrected chi connectivity index (χ2v) is 5.55. The van der Waals surface area contributed by atoms with Gasteiger partial charge in [0.05, 0.1) is 5.56 Å². The minimum absolute atomic E-state index is 0.0330. The Balaban J connectivity index is 1.75. The fraction of sp³-hybridized carbons (Fsp3) is 0.562. The number of hydrogen-bond donors (Lipinski definition) is 2. The van der Waals surface area contributed by atoms with Crippen molar-refractivity contribution in [1.29, 1.82) is 0 Å². The Kier molecular flexibility index (Phi) is 5.41. The maximum atomic E-state index is 11.9. The number of nitrogens with one attached hydrogen (secondary N) is 1. The Morgan fingerprint density at radius 3 is 2.70 bits per heavy atom.